The van der Waals surface area contributed by atoms with E-state index in [1.54, 1.807) is 0 Å². The number of rotatable bonds is 3. The summed E-state index contributed by atoms with van der Waals surface area (Å²) in [6.45, 7) is 7.52. The second-order valence-corrected chi connectivity index (χ2v) is 10.6. The molecule has 3 nitrogen and oxygen atoms in total. The van der Waals surface area contributed by atoms with Crippen LogP contribution in [0.5, 0.6) is 0 Å². The van der Waals surface area contributed by atoms with Gasteiger partial charge in [-0.15, -0.1) is 0 Å². The molecule has 0 saturated carbocycles. The second-order valence-electron chi connectivity index (χ2n) is 5.75. The van der Waals surface area contributed by atoms with Crippen molar-refractivity contribution in [2.45, 2.75) is 38.5 Å². The third kappa shape index (κ3) is 2.93. The minimum Gasteiger partial charge on any atom is -0.464 e. The van der Waals surface area contributed by atoms with Crippen LogP contribution in [0.15, 0.2) is 30.3 Å². The number of hydrogen-bond donors (Lipinski definition) is 0. The molecule has 1 aromatic rings. The number of cyclic esters (lactones) is 1. The molecular formula is C14H21NO2Si. The fourth-order valence-corrected chi connectivity index (χ4v) is 4.79. The molecule has 0 aromatic heterocycles. The Labute approximate surface area is 110 Å². The summed E-state index contributed by atoms with van der Waals surface area (Å²) in [4.78, 5) is 11.2. The van der Waals surface area contributed by atoms with Crippen molar-refractivity contribution in [3.8, 4) is 0 Å². The van der Waals surface area contributed by atoms with Gasteiger partial charge in [0.15, 0.2) is 0 Å². The molecule has 1 atom stereocenters. The summed E-state index contributed by atoms with van der Waals surface area (Å²) in [7, 11) is -1.49. The maximum Gasteiger partial charge on any atom is 0.305 e. The maximum atomic E-state index is 11.2. The van der Waals surface area contributed by atoms with Gasteiger partial charge in [-0.25, -0.2) is 0 Å². The van der Waals surface area contributed by atoms with Crippen molar-refractivity contribution in [2.24, 2.45) is 0 Å². The number of hydrogen-bond acceptors (Lipinski definition) is 3. The van der Waals surface area contributed by atoms with E-state index in [0.29, 0.717) is 19.1 Å². The van der Waals surface area contributed by atoms with Gasteiger partial charge in [0, 0.05) is 12.1 Å². The highest BCUT2D eigenvalue weighted by atomic mass is 28.3. The van der Waals surface area contributed by atoms with Crippen molar-refractivity contribution in [1.82, 2.24) is 0 Å². The summed E-state index contributed by atoms with van der Waals surface area (Å²) in [6.07, 6.45) is 1.44. The van der Waals surface area contributed by atoms with Crippen molar-refractivity contribution in [1.29, 1.82) is 0 Å². The van der Waals surface area contributed by atoms with Crippen molar-refractivity contribution >= 4 is 19.9 Å². The van der Waals surface area contributed by atoms with Crippen molar-refractivity contribution in [3.05, 3.63) is 30.3 Å². The minimum atomic E-state index is -1.49. The summed E-state index contributed by atoms with van der Waals surface area (Å²) in [5.41, 5.74) is 1.25. The predicted molar refractivity (Wildman–Crippen MR) is 76.2 cm³/mol. The zero-order chi connectivity index (χ0) is 13.2. The van der Waals surface area contributed by atoms with Crippen LogP contribution in [-0.2, 0) is 9.53 Å². The van der Waals surface area contributed by atoms with Crippen molar-refractivity contribution in [2.75, 3.05) is 11.2 Å². The van der Waals surface area contributed by atoms with Gasteiger partial charge in [-0.2, -0.15) is 0 Å². The molecule has 0 radical (unpaired) electrons. The topological polar surface area (TPSA) is 29.5 Å². The molecular weight excluding hydrogens is 242 g/mol. The van der Waals surface area contributed by atoms with Crippen LogP contribution in [0.1, 0.15) is 12.8 Å². The maximum absolute atomic E-state index is 11.2. The average molecular weight is 263 g/mol. The van der Waals surface area contributed by atoms with Crippen LogP contribution in [-0.4, -0.2) is 26.9 Å². The molecule has 1 heterocycles. The molecule has 1 aromatic carbocycles. The molecule has 0 amide bonds. The van der Waals surface area contributed by atoms with E-state index in [-0.39, 0.29) is 5.97 Å². The SMILES string of the molecule is C[Si](C)(C)N(c1ccccc1)C1CCC(=O)OC1. The highest BCUT2D eigenvalue weighted by Crippen LogP contribution is 2.27. The zero-order valence-corrected chi connectivity index (χ0v) is 12.3. The third-order valence-corrected chi connectivity index (χ3v) is 5.31. The van der Waals surface area contributed by atoms with Crippen LogP contribution < -0.4 is 4.57 Å². The molecule has 1 aliphatic heterocycles. The van der Waals surface area contributed by atoms with Crippen LogP contribution in [0, 0.1) is 0 Å². The lowest BCUT2D eigenvalue weighted by atomic mass is 10.1. The first-order valence-corrected chi connectivity index (χ1v) is 9.93. The number of carbonyl (C=O) groups excluding carboxylic acids is 1. The van der Waals surface area contributed by atoms with E-state index in [0.717, 1.165) is 6.42 Å². The number of esters is 1. The van der Waals surface area contributed by atoms with E-state index >= 15 is 0 Å². The van der Waals surface area contributed by atoms with Crippen LogP contribution >= 0.6 is 0 Å². The van der Waals surface area contributed by atoms with Gasteiger partial charge >= 0.3 is 5.97 Å². The highest BCUT2D eigenvalue weighted by molar-refractivity contribution is 6.79. The standard InChI is InChI=1S/C14H21NO2Si/c1-18(2,3)15(12-7-5-4-6-8-12)13-9-10-14(16)17-11-13/h4-8,13H,9-11H2,1-3H3. The largest absolute Gasteiger partial charge is 0.464 e. The van der Waals surface area contributed by atoms with Gasteiger partial charge < -0.3 is 9.30 Å². The number of benzene rings is 1. The predicted octanol–water partition coefficient (Wildman–Crippen LogP) is 3.03. The molecule has 0 spiro atoms. The summed E-state index contributed by atoms with van der Waals surface area (Å²) in [5.74, 6) is -0.0603. The van der Waals surface area contributed by atoms with Crippen LogP contribution in [0.4, 0.5) is 5.69 Å². The first kappa shape index (κ1) is 13.1. The summed E-state index contributed by atoms with van der Waals surface area (Å²) >= 11 is 0. The average Bonchev–Trinajstić information content (AvgIpc) is 2.32. The van der Waals surface area contributed by atoms with Gasteiger partial charge in [-0.05, 0) is 18.6 Å². The Bertz CT molecular complexity index is 404. The van der Waals surface area contributed by atoms with E-state index in [9.17, 15) is 4.79 Å². The number of ether oxygens (including phenoxy) is 1. The molecule has 98 valence electrons. The molecule has 1 saturated heterocycles. The Balaban J connectivity index is 2.24. The van der Waals surface area contributed by atoms with E-state index in [2.05, 4.69) is 48.5 Å². The smallest absolute Gasteiger partial charge is 0.305 e. The lowest BCUT2D eigenvalue weighted by Crippen LogP contribution is -2.55. The van der Waals surface area contributed by atoms with Gasteiger partial charge in [-0.1, -0.05) is 37.8 Å². The van der Waals surface area contributed by atoms with Crippen LogP contribution in [0.25, 0.3) is 0 Å². The molecule has 4 heteroatoms. The summed E-state index contributed by atoms with van der Waals surface area (Å²) in [5, 5.41) is 0. The molecule has 18 heavy (non-hydrogen) atoms. The second kappa shape index (κ2) is 5.14. The monoisotopic (exact) mass is 263 g/mol. The molecule has 0 bridgehead atoms. The summed E-state index contributed by atoms with van der Waals surface area (Å²) in [6, 6.07) is 10.8. The van der Waals surface area contributed by atoms with Crippen LogP contribution in [0.3, 0.4) is 0 Å². The summed E-state index contributed by atoms with van der Waals surface area (Å²) < 4.78 is 7.73. The number of nitrogens with zero attached hydrogens (tertiary/aromatic N) is 1. The van der Waals surface area contributed by atoms with E-state index in [4.69, 9.17) is 4.74 Å². The Hall–Kier alpha value is -1.29. The van der Waals surface area contributed by atoms with E-state index in [1.807, 2.05) is 6.07 Å². The van der Waals surface area contributed by atoms with Gasteiger partial charge in [0.1, 0.15) is 14.8 Å². The lowest BCUT2D eigenvalue weighted by molar-refractivity contribution is -0.147. The molecule has 0 aliphatic carbocycles. The normalized spacial score (nSPS) is 20.4. The number of anilines is 1. The number of carbonyl (C=O) groups is 1. The molecule has 0 N–H and O–H groups in total. The Morgan fingerprint density at radius 1 is 1.22 bits per heavy atom. The van der Waals surface area contributed by atoms with Crippen LogP contribution in [0.2, 0.25) is 19.6 Å². The molecule has 2 rings (SSSR count). The third-order valence-electron chi connectivity index (χ3n) is 3.24. The Morgan fingerprint density at radius 3 is 2.39 bits per heavy atom. The minimum absolute atomic E-state index is 0.0603. The fourth-order valence-electron chi connectivity index (χ4n) is 2.57. The van der Waals surface area contributed by atoms with E-state index < -0.39 is 8.24 Å². The Kier molecular flexibility index (Phi) is 3.75. The first-order valence-electron chi connectivity index (χ1n) is 6.48. The first-order chi connectivity index (χ1) is 8.48. The van der Waals surface area contributed by atoms with Gasteiger partial charge in [-0.3, -0.25) is 4.79 Å². The molecule has 1 fully saturated rings. The van der Waals surface area contributed by atoms with E-state index in [1.165, 1.54) is 5.69 Å². The van der Waals surface area contributed by atoms with Gasteiger partial charge in [0.25, 0.3) is 0 Å². The zero-order valence-electron chi connectivity index (χ0n) is 11.3. The fraction of sp³-hybridized carbons (Fsp3) is 0.500. The Morgan fingerprint density at radius 2 is 1.89 bits per heavy atom. The van der Waals surface area contributed by atoms with Gasteiger partial charge in [0.2, 0.25) is 0 Å². The van der Waals surface area contributed by atoms with Crippen molar-refractivity contribution < 1.29 is 9.53 Å². The van der Waals surface area contributed by atoms with Gasteiger partial charge in [0.05, 0.1) is 6.04 Å². The lowest BCUT2D eigenvalue weighted by Gasteiger charge is -2.43. The highest BCUT2D eigenvalue weighted by Gasteiger charge is 2.33. The van der Waals surface area contributed by atoms with Crippen molar-refractivity contribution in [3.63, 3.8) is 0 Å². The number of para-hydroxylation sites is 1. The quantitative estimate of drug-likeness (QED) is 0.620. The molecule has 1 unspecified atom stereocenters. The molecule has 1 aliphatic rings.